The van der Waals surface area contributed by atoms with Crippen molar-refractivity contribution >= 4 is 11.8 Å². The van der Waals surface area contributed by atoms with E-state index in [1.165, 1.54) is 6.42 Å². The zero-order valence-electron chi connectivity index (χ0n) is 10.0. The highest BCUT2D eigenvalue weighted by Crippen LogP contribution is 2.74. The van der Waals surface area contributed by atoms with E-state index in [0.29, 0.717) is 11.8 Å². The molecule has 5 fully saturated rings. The lowest BCUT2D eigenvalue weighted by atomic mass is 9.50. The standard InChI is InChI=1S/C13H17F3OS/c14-13(15,16)12(17)6-11(18-12)9-2-7-1-8(4-9)5-10(11)3-7/h7-10,17H,1-6H2/t7?,8?,9?,10?,11?,12-/m0/s1. The summed E-state index contributed by atoms with van der Waals surface area (Å²) in [5.74, 6) is 2.39. The molecule has 18 heavy (non-hydrogen) atoms. The average molecular weight is 278 g/mol. The fourth-order valence-corrected chi connectivity index (χ4v) is 7.08. The maximum Gasteiger partial charge on any atom is 0.426 e. The Morgan fingerprint density at radius 2 is 1.39 bits per heavy atom. The number of hydrogen-bond donors (Lipinski definition) is 1. The second-order valence-corrected chi connectivity index (χ2v) is 8.46. The lowest BCUT2D eigenvalue weighted by Crippen LogP contribution is -2.68. The molecule has 0 aromatic heterocycles. The summed E-state index contributed by atoms with van der Waals surface area (Å²) in [6.07, 6.45) is 1.20. The Kier molecular flexibility index (Phi) is 2.13. The number of aliphatic hydroxyl groups is 1. The van der Waals surface area contributed by atoms with E-state index >= 15 is 0 Å². The summed E-state index contributed by atoms with van der Waals surface area (Å²) < 4.78 is 38.2. The normalized spacial score (nSPS) is 58.0. The van der Waals surface area contributed by atoms with Crippen LogP contribution in [0.2, 0.25) is 0 Å². The van der Waals surface area contributed by atoms with E-state index in [9.17, 15) is 18.3 Å². The van der Waals surface area contributed by atoms with Gasteiger partial charge in [0.05, 0.1) is 0 Å². The van der Waals surface area contributed by atoms with Crippen molar-refractivity contribution in [3.05, 3.63) is 0 Å². The smallest absolute Gasteiger partial charge is 0.371 e. The van der Waals surface area contributed by atoms with Gasteiger partial charge in [0.25, 0.3) is 0 Å². The molecule has 5 rings (SSSR count). The minimum atomic E-state index is -4.47. The Bertz CT molecular complexity index is 356. The van der Waals surface area contributed by atoms with Crippen molar-refractivity contribution < 1.29 is 18.3 Å². The first kappa shape index (κ1) is 11.9. The van der Waals surface area contributed by atoms with E-state index in [1.54, 1.807) is 0 Å². The van der Waals surface area contributed by atoms with E-state index in [-0.39, 0.29) is 11.2 Å². The first-order valence-electron chi connectivity index (χ1n) is 6.82. The van der Waals surface area contributed by atoms with Crippen LogP contribution in [0.4, 0.5) is 13.2 Å². The summed E-state index contributed by atoms with van der Waals surface area (Å²) in [7, 11) is 0. The number of alkyl halides is 3. The summed E-state index contributed by atoms with van der Waals surface area (Å²) in [6, 6.07) is 0. The fraction of sp³-hybridized carbons (Fsp3) is 1.00. The molecule has 1 atom stereocenters. The summed E-state index contributed by atoms with van der Waals surface area (Å²) in [5.41, 5.74) is 0. The minimum absolute atomic E-state index is 0.0526. The molecule has 1 heterocycles. The van der Waals surface area contributed by atoms with Crippen molar-refractivity contribution in [2.75, 3.05) is 0 Å². The van der Waals surface area contributed by atoms with Crippen LogP contribution in [0, 0.1) is 23.7 Å². The van der Waals surface area contributed by atoms with Gasteiger partial charge in [0, 0.05) is 11.2 Å². The van der Waals surface area contributed by atoms with Crippen LogP contribution in [0.1, 0.15) is 38.5 Å². The second kappa shape index (κ2) is 3.22. The first-order chi connectivity index (χ1) is 8.32. The topological polar surface area (TPSA) is 20.2 Å². The highest BCUT2D eigenvalue weighted by Gasteiger charge is 2.74. The van der Waals surface area contributed by atoms with Gasteiger partial charge >= 0.3 is 6.18 Å². The van der Waals surface area contributed by atoms with Gasteiger partial charge < -0.3 is 5.11 Å². The third-order valence-corrected chi connectivity index (χ3v) is 7.74. The van der Waals surface area contributed by atoms with Gasteiger partial charge in [-0.1, -0.05) is 0 Å². The Morgan fingerprint density at radius 1 is 0.944 bits per heavy atom. The summed E-state index contributed by atoms with van der Waals surface area (Å²) >= 11 is 0.851. The monoisotopic (exact) mass is 278 g/mol. The van der Waals surface area contributed by atoms with Crippen LogP contribution in [-0.2, 0) is 0 Å². The summed E-state index contributed by atoms with van der Waals surface area (Å²) in [5, 5.41) is 9.73. The lowest BCUT2D eigenvalue weighted by molar-refractivity contribution is -0.240. The molecule has 0 amide bonds. The van der Waals surface area contributed by atoms with Gasteiger partial charge in [-0.3, -0.25) is 0 Å². The molecule has 4 saturated carbocycles. The molecule has 0 radical (unpaired) electrons. The van der Waals surface area contributed by atoms with Crippen molar-refractivity contribution in [3.8, 4) is 0 Å². The third-order valence-electron chi connectivity index (χ3n) is 5.84. The van der Waals surface area contributed by atoms with Gasteiger partial charge in [-0.25, -0.2) is 0 Å². The van der Waals surface area contributed by atoms with Crippen LogP contribution in [-0.4, -0.2) is 21.0 Å². The van der Waals surface area contributed by atoms with Crippen LogP contribution in [0.3, 0.4) is 0 Å². The van der Waals surface area contributed by atoms with Crippen LogP contribution in [0.25, 0.3) is 0 Å². The Labute approximate surface area is 109 Å². The van der Waals surface area contributed by atoms with E-state index in [1.807, 2.05) is 0 Å². The van der Waals surface area contributed by atoms with Gasteiger partial charge in [0.15, 0.2) is 0 Å². The number of halogens is 3. The van der Waals surface area contributed by atoms with Crippen molar-refractivity contribution in [2.24, 2.45) is 23.7 Å². The fourth-order valence-electron chi connectivity index (χ4n) is 5.28. The number of hydrogen-bond acceptors (Lipinski definition) is 2. The molecule has 1 saturated heterocycles. The molecular weight excluding hydrogens is 261 g/mol. The molecule has 1 aliphatic heterocycles. The Morgan fingerprint density at radius 3 is 1.78 bits per heavy atom. The largest absolute Gasteiger partial charge is 0.426 e. The van der Waals surface area contributed by atoms with Crippen LogP contribution >= 0.6 is 11.8 Å². The molecule has 0 unspecified atom stereocenters. The molecule has 1 spiro atoms. The Balaban J connectivity index is 1.61. The van der Waals surface area contributed by atoms with E-state index in [4.69, 9.17) is 0 Å². The molecule has 102 valence electrons. The molecule has 1 N–H and O–H groups in total. The van der Waals surface area contributed by atoms with Gasteiger partial charge in [-0.15, -0.1) is 11.8 Å². The molecule has 5 heteroatoms. The van der Waals surface area contributed by atoms with Crippen molar-refractivity contribution in [2.45, 2.75) is 54.4 Å². The second-order valence-electron chi connectivity index (χ2n) is 6.82. The van der Waals surface area contributed by atoms with Crippen molar-refractivity contribution in [1.29, 1.82) is 0 Å². The molecule has 0 aromatic carbocycles. The predicted octanol–water partition coefficient (Wildman–Crippen LogP) is 3.57. The molecule has 5 aliphatic rings. The van der Waals surface area contributed by atoms with Gasteiger partial charge in [0.2, 0.25) is 4.93 Å². The van der Waals surface area contributed by atoms with E-state index < -0.39 is 11.1 Å². The van der Waals surface area contributed by atoms with Crippen molar-refractivity contribution in [3.63, 3.8) is 0 Å². The molecule has 1 nitrogen and oxygen atoms in total. The highest BCUT2D eigenvalue weighted by molar-refractivity contribution is 8.03. The minimum Gasteiger partial charge on any atom is -0.371 e. The van der Waals surface area contributed by atoms with Crippen molar-refractivity contribution in [1.82, 2.24) is 0 Å². The molecule has 4 aliphatic carbocycles. The van der Waals surface area contributed by atoms with E-state index in [2.05, 4.69) is 0 Å². The molecule has 0 aromatic rings. The van der Waals surface area contributed by atoms with Crippen LogP contribution in [0.5, 0.6) is 0 Å². The van der Waals surface area contributed by atoms with E-state index in [0.717, 1.165) is 49.3 Å². The first-order valence-corrected chi connectivity index (χ1v) is 7.63. The Hall–Kier alpha value is 0.100. The zero-order chi connectivity index (χ0) is 12.8. The highest BCUT2D eigenvalue weighted by atomic mass is 32.2. The quantitative estimate of drug-likeness (QED) is 0.731. The third kappa shape index (κ3) is 1.30. The maximum absolute atomic E-state index is 12.8. The zero-order valence-corrected chi connectivity index (χ0v) is 10.9. The van der Waals surface area contributed by atoms with Gasteiger partial charge in [0.1, 0.15) is 0 Å². The SMILES string of the molecule is O[C@@]1(C(F)(F)F)CC2(S1)C1CC3CC(C1)CC2C3. The molecular formula is C13H17F3OS. The van der Waals surface area contributed by atoms with Crippen LogP contribution in [0.15, 0.2) is 0 Å². The van der Waals surface area contributed by atoms with Gasteiger partial charge in [-0.05, 0) is 55.8 Å². The summed E-state index contributed by atoms with van der Waals surface area (Å²) in [6.45, 7) is 0. The lowest BCUT2D eigenvalue weighted by Gasteiger charge is -2.68. The maximum atomic E-state index is 12.8. The summed E-state index contributed by atoms with van der Waals surface area (Å²) in [4.78, 5) is -2.46. The predicted molar refractivity (Wildman–Crippen MR) is 63.0 cm³/mol. The number of thioether (sulfide) groups is 1. The van der Waals surface area contributed by atoms with Crippen LogP contribution < -0.4 is 0 Å². The molecule has 4 bridgehead atoms. The average Bonchev–Trinajstić information content (AvgIpc) is 2.19. The van der Waals surface area contributed by atoms with Gasteiger partial charge in [-0.2, -0.15) is 13.2 Å². The number of rotatable bonds is 0.